The lowest BCUT2D eigenvalue weighted by molar-refractivity contribution is 0.140. The summed E-state index contributed by atoms with van der Waals surface area (Å²) in [6, 6.07) is 8.02. The quantitative estimate of drug-likeness (QED) is 0.590. The maximum Gasteiger partial charge on any atom is 0.170 e. The smallest absolute Gasteiger partial charge is 0.170 e. The lowest BCUT2D eigenvalue weighted by Gasteiger charge is -2.35. The van der Waals surface area contributed by atoms with Crippen molar-refractivity contribution in [3.63, 3.8) is 0 Å². The van der Waals surface area contributed by atoms with E-state index in [2.05, 4.69) is 45.3 Å². The lowest BCUT2D eigenvalue weighted by Crippen LogP contribution is -2.40. The molecule has 5 heteroatoms. The van der Waals surface area contributed by atoms with Gasteiger partial charge in [-0.05, 0) is 61.6 Å². The molecular formula is C17H26BrN3S. The summed E-state index contributed by atoms with van der Waals surface area (Å²) in [6.07, 6.45) is 2.50. The van der Waals surface area contributed by atoms with Gasteiger partial charge in [0, 0.05) is 29.8 Å². The van der Waals surface area contributed by atoms with Crippen LogP contribution in [0.5, 0.6) is 0 Å². The highest BCUT2D eigenvalue weighted by molar-refractivity contribution is 9.10. The number of anilines is 1. The van der Waals surface area contributed by atoms with Crippen LogP contribution in [0.15, 0.2) is 28.7 Å². The van der Waals surface area contributed by atoms with Crippen LogP contribution in [0.3, 0.4) is 0 Å². The van der Waals surface area contributed by atoms with E-state index >= 15 is 0 Å². The zero-order valence-corrected chi connectivity index (χ0v) is 15.8. The predicted octanol–water partition coefficient (Wildman–Crippen LogP) is 4.10. The standard InChI is InChI=1S/C17H26BrN3S/c1-13-9-14(2)12-21(11-13)8-4-7-19-17(22)20-16-6-3-5-15(18)10-16/h3,5-6,10,13-14H,4,7-9,11-12H2,1-2H3,(H2,19,20,22)/t13-,14+. The fourth-order valence-corrected chi connectivity index (χ4v) is 3.84. The third-order valence-electron chi connectivity index (χ3n) is 3.96. The van der Waals surface area contributed by atoms with Crippen LogP contribution in [0, 0.1) is 11.8 Å². The number of piperidine rings is 1. The first-order valence-corrected chi connectivity index (χ1v) is 9.26. The topological polar surface area (TPSA) is 27.3 Å². The number of likely N-dealkylation sites (tertiary alicyclic amines) is 1. The molecule has 0 bridgehead atoms. The molecule has 22 heavy (non-hydrogen) atoms. The van der Waals surface area contributed by atoms with Crippen molar-refractivity contribution in [1.82, 2.24) is 10.2 Å². The molecule has 0 saturated carbocycles. The summed E-state index contributed by atoms with van der Waals surface area (Å²) in [5.41, 5.74) is 1.01. The van der Waals surface area contributed by atoms with E-state index < -0.39 is 0 Å². The molecule has 1 heterocycles. The largest absolute Gasteiger partial charge is 0.362 e. The van der Waals surface area contributed by atoms with E-state index in [0.717, 1.165) is 41.5 Å². The summed E-state index contributed by atoms with van der Waals surface area (Å²) in [4.78, 5) is 2.59. The van der Waals surface area contributed by atoms with E-state index in [1.165, 1.54) is 19.5 Å². The molecule has 1 saturated heterocycles. The van der Waals surface area contributed by atoms with E-state index in [4.69, 9.17) is 12.2 Å². The molecule has 3 nitrogen and oxygen atoms in total. The minimum atomic E-state index is 0.693. The van der Waals surface area contributed by atoms with Crippen LogP contribution in [0.4, 0.5) is 5.69 Å². The molecule has 0 amide bonds. The highest BCUT2D eigenvalue weighted by atomic mass is 79.9. The van der Waals surface area contributed by atoms with Crippen molar-refractivity contribution >= 4 is 38.9 Å². The normalized spacial score (nSPS) is 22.3. The van der Waals surface area contributed by atoms with E-state index in [0.29, 0.717) is 5.11 Å². The van der Waals surface area contributed by atoms with Crippen molar-refractivity contribution in [2.75, 3.05) is 31.5 Å². The molecule has 0 aromatic heterocycles. The maximum atomic E-state index is 5.34. The molecule has 2 N–H and O–H groups in total. The van der Waals surface area contributed by atoms with Gasteiger partial charge in [-0.15, -0.1) is 0 Å². The molecule has 0 spiro atoms. The van der Waals surface area contributed by atoms with Crippen molar-refractivity contribution < 1.29 is 0 Å². The molecule has 122 valence electrons. The summed E-state index contributed by atoms with van der Waals surface area (Å²) in [7, 11) is 0. The van der Waals surface area contributed by atoms with Crippen molar-refractivity contribution in [2.45, 2.75) is 26.7 Å². The molecular weight excluding hydrogens is 358 g/mol. The van der Waals surface area contributed by atoms with Crippen molar-refractivity contribution in [2.24, 2.45) is 11.8 Å². The van der Waals surface area contributed by atoms with Crippen LogP contribution >= 0.6 is 28.1 Å². The SMILES string of the molecule is C[C@@H]1C[C@H](C)CN(CCCNC(=S)Nc2cccc(Br)c2)C1. The monoisotopic (exact) mass is 383 g/mol. The van der Waals surface area contributed by atoms with Crippen molar-refractivity contribution in [1.29, 1.82) is 0 Å². The van der Waals surface area contributed by atoms with E-state index in [1.54, 1.807) is 0 Å². The van der Waals surface area contributed by atoms with Gasteiger partial charge in [0.25, 0.3) is 0 Å². The van der Waals surface area contributed by atoms with Gasteiger partial charge in [0.05, 0.1) is 0 Å². The molecule has 0 unspecified atom stereocenters. The molecule has 0 aliphatic carbocycles. The second kappa shape index (κ2) is 8.85. The van der Waals surface area contributed by atoms with Crippen LogP contribution < -0.4 is 10.6 Å². The fourth-order valence-electron chi connectivity index (χ4n) is 3.22. The van der Waals surface area contributed by atoms with Crippen LogP contribution in [-0.2, 0) is 0 Å². The van der Waals surface area contributed by atoms with Gasteiger partial charge in [-0.3, -0.25) is 0 Å². The number of benzene rings is 1. The van der Waals surface area contributed by atoms with Crippen LogP contribution in [0.2, 0.25) is 0 Å². The van der Waals surface area contributed by atoms with E-state index in [9.17, 15) is 0 Å². The summed E-state index contributed by atoms with van der Waals surface area (Å²) in [6.45, 7) is 9.27. The number of halogens is 1. The number of hydrogen-bond donors (Lipinski definition) is 2. The number of hydrogen-bond acceptors (Lipinski definition) is 2. The predicted molar refractivity (Wildman–Crippen MR) is 102 cm³/mol. The van der Waals surface area contributed by atoms with Crippen molar-refractivity contribution in [3.8, 4) is 0 Å². The Hall–Kier alpha value is -0.650. The molecule has 2 rings (SSSR count). The first-order chi connectivity index (χ1) is 10.5. The van der Waals surface area contributed by atoms with Crippen LogP contribution in [0.25, 0.3) is 0 Å². The fraction of sp³-hybridized carbons (Fsp3) is 0.588. The minimum absolute atomic E-state index is 0.693. The zero-order valence-electron chi connectivity index (χ0n) is 13.4. The second-order valence-corrected chi connectivity index (χ2v) is 7.77. The average Bonchev–Trinajstić information content (AvgIpc) is 2.42. The Kier molecular flexibility index (Phi) is 7.12. The highest BCUT2D eigenvalue weighted by Crippen LogP contribution is 2.20. The summed E-state index contributed by atoms with van der Waals surface area (Å²) in [5, 5.41) is 7.20. The zero-order chi connectivity index (χ0) is 15.9. The molecule has 1 aromatic carbocycles. The maximum absolute atomic E-state index is 5.34. The first kappa shape index (κ1) is 17.7. The van der Waals surface area contributed by atoms with Gasteiger partial charge in [0.1, 0.15) is 0 Å². The van der Waals surface area contributed by atoms with Crippen LogP contribution in [0.1, 0.15) is 26.7 Å². The van der Waals surface area contributed by atoms with Crippen LogP contribution in [-0.4, -0.2) is 36.2 Å². The summed E-state index contributed by atoms with van der Waals surface area (Å²) >= 11 is 8.80. The van der Waals surface area contributed by atoms with Gasteiger partial charge in [0.2, 0.25) is 0 Å². The molecule has 1 aromatic rings. The Labute approximate surface area is 148 Å². The Bertz CT molecular complexity index is 485. The molecule has 0 radical (unpaired) electrons. The Morgan fingerprint density at radius 3 is 2.73 bits per heavy atom. The Balaban J connectivity index is 1.63. The van der Waals surface area contributed by atoms with Gasteiger partial charge >= 0.3 is 0 Å². The summed E-state index contributed by atoms with van der Waals surface area (Å²) < 4.78 is 1.05. The van der Waals surface area contributed by atoms with Gasteiger partial charge in [-0.25, -0.2) is 0 Å². The Morgan fingerprint density at radius 1 is 1.32 bits per heavy atom. The van der Waals surface area contributed by atoms with E-state index in [1.807, 2.05) is 24.3 Å². The summed E-state index contributed by atoms with van der Waals surface area (Å²) in [5.74, 6) is 1.66. The molecule has 1 fully saturated rings. The van der Waals surface area contributed by atoms with Gasteiger partial charge in [-0.1, -0.05) is 35.8 Å². The number of thiocarbonyl (C=S) groups is 1. The lowest BCUT2D eigenvalue weighted by atomic mass is 9.92. The highest BCUT2D eigenvalue weighted by Gasteiger charge is 2.20. The number of nitrogens with zero attached hydrogens (tertiary/aromatic N) is 1. The minimum Gasteiger partial charge on any atom is -0.362 e. The number of nitrogens with one attached hydrogen (secondary N) is 2. The van der Waals surface area contributed by atoms with Gasteiger partial charge in [-0.2, -0.15) is 0 Å². The number of rotatable bonds is 5. The van der Waals surface area contributed by atoms with Gasteiger partial charge < -0.3 is 15.5 Å². The average molecular weight is 384 g/mol. The Morgan fingerprint density at radius 2 is 2.05 bits per heavy atom. The molecule has 1 aliphatic rings. The van der Waals surface area contributed by atoms with Crippen molar-refractivity contribution in [3.05, 3.63) is 28.7 Å². The third-order valence-corrected chi connectivity index (χ3v) is 4.70. The molecule has 1 aliphatic heterocycles. The third kappa shape index (κ3) is 6.23. The van der Waals surface area contributed by atoms with Gasteiger partial charge in [0.15, 0.2) is 5.11 Å². The molecule has 2 atom stereocenters. The van der Waals surface area contributed by atoms with E-state index in [-0.39, 0.29) is 0 Å². The first-order valence-electron chi connectivity index (χ1n) is 8.05. The second-order valence-electron chi connectivity index (χ2n) is 6.45.